The van der Waals surface area contributed by atoms with E-state index in [1.54, 1.807) is 6.07 Å². The van der Waals surface area contributed by atoms with Gasteiger partial charge in [-0.05, 0) is 30.4 Å². The fourth-order valence-corrected chi connectivity index (χ4v) is 2.39. The van der Waals surface area contributed by atoms with E-state index in [0.29, 0.717) is 17.3 Å². The summed E-state index contributed by atoms with van der Waals surface area (Å²) >= 11 is 0. The number of hydrogen-bond acceptors (Lipinski definition) is 3. The highest BCUT2D eigenvalue weighted by Gasteiger charge is 2.32. The minimum atomic E-state index is -0.0654. The van der Waals surface area contributed by atoms with Gasteiger partial charge in [-0.3, -0.25) is 4.79 Å². The molecule has 1 aliphatic rings. The Morgan fingerprint density at radius 3 is 2.95 bits per heavy atom. The van der Waals surface area contributed by atoms with Crippen molar-refractivity contribution in [2.45, 2.75) is 13.3 Å². The fraction of sp³-hybridized carbons (Fsp3) is 0.333. The molecule has 0 saturated heterocycles. The van der Waals surface area contributed by atoms with E-state index in [4.69, 9.17) is 5.73 Å². The first-order valence-corrected chi connectivity index (χ1v) is 6.58. The highest BCUT2D eigenvalue weighted by Crippen LogP contribution is 2.36. The molecule has 1 saturated carbocycles. The predicted molar refractivity (Wildman–Crippen MR) is 75.8 cm³/mol. The number of amides is 1. The second-order valence-electron chi connectivity index (χ2n) is 5.29. The van der Waals surface area contributed by atoms with Gasteiger partial charge in [0.1, 0.15) is 5.82 Å². The van der Waals surface area contributed by atoms with E-state index in [-0.39, 0.29) is 5.91 Å². The minimum absolute atomic E-state index is 0.0654. The van der Waals surface area contributed by atoms with Gasteiger partial charge in [-0.2, -0.15) is 0 Å². The Kier molecular flexibility index (Phi) is 2.85. The molecule has 2 aromatic rings. The zero-order valence-electron chi connectivity index (χ0n) is 10.9. The lowest BCUT2D eigenvalue weighted by atomic mass is 10.1. The molecule has 1 fully saturated rings. The summed E-state index contributed by atoms with van der Waals surface area (Å²) in [6, 6.07) is 9.21. The monoisotopic (exact) mass is 255 g/mol. The zero-order chi connectivity index (χ0) is 13.4. The van der Waals surface area contributed by atoms with Gasteiger partial charge < -0.3 is 11.1 Å². The van der Waals surface area contributed by atoms with Crippen LogP contribution in [0.2, 0.25) is 0 Å². The lowest BCUT2D eigenvalue weighted by Crippen LogP contribution is -2.26. The van der Waals surface area contributed by atoms with Crippen molar-refractivity contribution in [3.8, 4) is 0 Å². The Balaban J connectivity index is 1.88. The number of nitrogen functional groups attached to an aromatic ring is 1. The number of benzene rings is 1. The zero-order valence-corrected chi connectivity index (χ0v) is 10.9. The first kappa shape index (κ1) is 12.0. The van der Waals surface area contributed by atoms with Gasteiger partial charge in [-0.25, -0.2) is 4.98 Å². The van der Waals surface area contributed by atoms with Crippen molar-refractivity contribution in [1.29, 1.82) is 0 Å². The molecule has 2 atom stereocenters. The molecular formula is C15H17N3O. The number of nitrogens with two attached hydrogens (primary N) is 1. The Bertz CT molecular complexity index is 638. The van der Waals surface area contributed by atoms with Crippen molar-refractivity contribution in [3.05, 3.63) is 35.9 Å². The molecule has 4 heteroatoms. The van der Waals surface area contributed by atoms with Crippen molar-refractivity contribution >= 4 is 22.6 Å². The molecule has 3 rings (SSSR count). The van der Waals surface area contributed by atoms with Crippen molar-refractivity contribution in [1.82, 2.24) is 10.3 Å². The highest BCUT2D eigenvalue weighted by atomic mass is 16.1. The van der Waals surface area contributed by atoms with Crippen LogP contribution >= 0.6 is 0 Å². The molecular weight excluding hydrogens is 238 g/mol. The van der Waals surface area contributed by atoms with Crippen LogP contribution in [0.15, 0.2) is 30.3 Å². The molecule has 0 spiro atoms. The topological polar surface area (TPSA) is 68.0 Å². The van der Waals surface area contributed by atoms with Crippen molar-refractivity contribution < 1.29 is 4.79 Å². The number of rotatable bonds is 3. The number of hydrogen-bond donors (Lipinski definition) is 2. The summed E-state index contributed by atoms with van der Waals surface area (Å²) in [6.07, 6.45) is 1.21. The number of fused-ring (bicyclic) bond motifs is 1. The van der Waals surface area contributed by atoms with Crippen molar-refractivity contribution in [2.24, 2.45) is 11.8 Å². The van der Waals surface area contributed by atoms with Crippen LogP contribution in [0.3, 0.4) is 0 Å². The van der Waals surface area contributed by atoms with Gasteiger partial charge in [0.2, 0.25) is 0 Å². The number of aromatic nitrogens is 1. The van der Waals surface area contributed by atoms with Crippen LogP contribution in [0.1, 0.15) is 23.7 Å². The summed E-state index contributed by atoms with van der Waals surface area (Å²) in [4.78, 5) is 16.5. The third-order valence-electron chi connectivity index (χ3n) is 3.78. The Hall–Kier alpha value is -2.10. The van der Waals surface area contributed by atoms with Crippen LogP contribution < -0.4 is 11.1 Å². The van der Waals surface area contributed by atoms with Gasteiger partial charge in [-0.1, -0.05) is 25.1 Å². The number of carbonyl (C=O) groups is 1. The maximum Gasteiger partial charge on any atom is 0.252 e. The SMILES string of the molecule is CC1CC1CNC(=O)c1cc(N)nc2ccccc12. The fourth-order valence-electron chi connectivity index (χ4n) is 2.39. The van der Waals surface area contributed by atoms with E-state index in [1.165, 1.54) is 6.42 Å². The summed E-state index contributed by atoms with van der Waals surface area (Å²) in [6.45, 7) is 2.95. The van der Waals surface area contributed by atoms with Crippen LogP contribution in [0.4, 0.5) is 5.82 Å². The lowest BCUT2D eigenvalue weighted by molar-refractivity contribution is 0.0953. The Morgan fingerprint density at radius 1 is 1.47 bits per heavy atom. The highest BCUT2D eigenvalue weighted by molar-refractivity contribution is 6.06. The molecule has 0 radical (unpaired) electrons. The number of para-hydroxylation sites is 1. The quantitative estimate of drug-likeness (QED) is 0.883. The van der Waals surface area contributed by atoms with Gasteiger partial charge in [0.15, 0.2) is 0 Å². The lowest BCUT2D eigenvalue weighted by Gasteiger charge is -2.08. The molecule has 4 nitrogen and oxygen atoms in total. The van der Waals surface area contributed by atoms with Gasteiger partial charge in [0.05, 0.1) is 11.1 Å². The largest absolute Gasteiger partial charge is 0.384 e. The third kappa shape index (κ3) is 2.38. The van der Waals surface area contributed by atoms with Crippen LogP contribution in [-0.2, 0) is 0 Å². The number of nitrogens with one attached hydrogen (secondary N) is 1. The smallest absolute Gasteiger partial charge is 0.252 e. The second kappa shape index (κ2) is 4.53. The summed E-state index contributed by atoms with van der Waals surface area (Å²) in [7, 11) is 0. The Labute approximate surface area is 112 Å². The first-order valence-electron chi connectivity index (χ1n) is 6.58. The van der Waals surface area contributed by atoms with E-state index >= 15 is 0 Å². The Morgan fingerprint density at radius 2 is 2.21 bits per heavy atom. The molecule has 1 aromatic carbocycles. The predicted octanol–water partition coefficient (Wildman–Crippen LogP) is 2.20. The van der Waals surface area contributed by atoms with Crippen LogP contribution in [-0.4, -0.2) is 17.4 Å². The summed E-state index contributed by atoms with van der Waals surface area (Å²) < 4.78 is 0. The summed E-state index contributed by atoms with van der Waals surface area (Å²) in [5.41, 5.74) is 7.13. The van der Waals surface area contributed by atoms with Crippen LogP contribution in [0, 0.1) is 11.8 Å². The van der Waals surface area contributed by atoms with Crippen LogP contribution in [0.5, 0.6) is 0 Å². The van der Waals surface area contributed by atoms with Crippen LogP contribution in [0.25, 0.3) is 10.9 Å². The minimum Gasteiger partial charge on any atom is -0.384 e. The van der Waals surface area contributed by atoms with E-state index in [9.17, 15) is 4.79 Å². The molecule has 2 unspecified atom stereocenters. The molecule has 19 heavy (non-hydrogen) atoms. The van der Waals surface area contributed by atoms with Gasteiger partial charge in [0.25, 0.3) is 5.91 Å². The van der Waals surface area contributed by atoms with Gasteiger partial charge >= 0.3 is 0 Å². The second-order valence-corrected chi connectivity index (χ2v) is 5.29. The molecule has 0 bridgehead atoms. The van der Waals surface area contributed by atoms with E-state index < -0.39 is 0 Å². The maximum absolute atomic E-state index is 12.3. The molecule has 1 aromatic heterocycles. The first-order chi connectivity index (χ1) is 9.15. The average Bonchev–Trinajstić information content (AvgIpc) is 3.11. The number of nitrogens with zero attached hydrogens (tertiary/aromatic N) is 1. The molecule has 98 valence electrons. The molecule has 0 aliphatic heterocycles. The normalized spacial score (nSPS) is 21.3. The third-order valence-corrected chi connectivity index (χ3v) is 3.78. The van der Waals surface area contributed by atoms with E-state index in [0.717, 1.165) is 23.4 Å². The number of pyridine rings is 1. The van der Waals surface area contributed by atoms with Gasteiger partial charge in [0, 0.05) is 11.9 Å². The summed E-state index contributed by atoms with van der Waals surface area (Å²) in [5.74, 6) is 1.68. The van der Waals surface area contributed by atoms with Gasteiger partial charge in [-0.15, -0.1) is 0 Å². The molecule has 1 aliphatic carbocycles. The van der Waals surface area contributed by atoms with Crippen molar-refractivity contribution in [2.75, 3.05) is 12.3 Å². The number of carbonyl (C=O) groups excluding carboxylic acids is 1. The van der Waals surface area contributed by atoms with E-state index in [2.05, 4.69) is 17.2 Å². The van der Waals surface area contributed by atoms with Crippen molar-refractivity contribution in [3.63, 3.8) is 0 Å². The average molecular weight is 255 g/mol. The maximum atomic E-state index is 12.3. The molecule has 1 amide bonds. The molecule has 3 N–H and O–H groups in total. The van der Waals surface area contributed by atoms with E-state index in [1.807, 2.05) is 24.3 Å². The number of anilines is 1. The molecule has 1 heterocycles. The standard InChI is InChI=1S/C15H17N3O/c1-9-6-10(9)8-17-15(19)12-7-14(16)18-13-5-3-2-4-11(12)13/h2-5,7,9-10H,6,8H2,1H3,(H2,16,18)(H,17,19). The summed E-state index contributed by atoms with van der Waals surface area (Å²) in [5, 5.41) is 3.83.